The van der Waals surface area contributed by atoms with Crippen LogP contribution >= 0.6 is 11.6 Å². The number of hydrogen-bond acceptors (Lipinski definition) is 3. The van der Waals surface area contributed by atoms with Gasteiger partial charge in [-0.3, -0.25) is 4.79 Å². The van der Waals surface area contributed by atoms with Crippen molar-refractivity contribution in [2.45, 2.75) is 37.8 Å². The van der Waals surface area contributed by atoms with E-state index in [0.29, 0.717) is 10.8 Å². The van der Waals surface area contributed by atoms with Crippen LogP contribution < -0.4 is 4.74 Å². The summed E-state index contributed by atoms with van der Waals surface area (Å²) in [6.07, 6.45) is 3.58. The van der Waals surface area contributed by atoms with Crippen molar-refractivity contribution in [3.63, 3.8) is 0 Å². The van der Waals surface area contributed by atoms with Gasteiger partial charge in [0.2, 0.25) is 0 Å². The molecule has 0 aromatic heterocycles. The molecule has 2 aliphatic rings. The molecule has 2 fully saturated rings. The van der Waals surface area contributed by atoms with Crippen LogP contribution in [0.3, 0.4) is 0 Å². The topological polar surface area (TPSA) is 49.8 Å². The lowest BCUT2D eigenvalue weighted by Gasteiger charge is -2.36. The van der Waals surface area contributed by atoms with E-state index in [4.69, 9.17) is 16.3 Å². The minimum absolute atomic E-state index is 0.0224. The van der Waals surface area contributed by atoms with Gasteiger partial charge in [0, 0.05) is 17.5 Å². The van der Waals surface area contributed by atoms with Crippen LogP contribution in [0.2, 0.25) is 5.02 Å². The smallest absolute Gasteiger partial charge is 0.261 e. The second-order valence-corrected chi connectivity index (χ2v) is 8.06. The zero-order valence-corrected chi connectivity index (χ0v) is 15.9. The van der Waals surface area contributed by atoms with Crippen molar-refractivity contribution in [1.82, 2.24) is 4.90 Å². The van der Waals surface area contributed by atoms with Crippen LogP contribution in [-0.4, -0.2) is 41.2 Å². The van der Waals surface area contributed by atoms with E-state index in [1.165, 1.54) is 5.56 Å². The Morgan fingerprint density at radius 2 is 1.89 bits per heavy atom. The van der Waals surface area contributed by atoms with Gasteiger partial charge >= 0.3 is 0 Å². The maximum absolute atomic E-state index is 12.9. The van der Waals surface area contributed by atoms with E-state index < -0.39 is 0 Å². The summed E-state index contributed by atoms with van der Waals surface area (Å²) < 4.78 is 5.67. The molecule has 5 heteroatoms. The maximum atomic E-state index is 12.9. The summed E-state index contributed by atoms with van der Waals surface area (Å²) in [6.45, 7) is 0.0712. The van der Waals surface area contributed by atoms with Crippen molar-refractivity contribution in [3.05, 3.63) is 65.2 Å². The summed E-state index contributed by atoms with van der Waals surface area (Å²) in [4.78, 5) is 14.9. The Balaban J connectivity index is 1.48. The fourth-order valence-corrected chi connectivity index (χ4v) is 5.05. The molecule has 0 aliphatic carbocycles. The van der Waals surface area contributed by atoms with E-state index in [-0.39, 0.29) is 36.6 Å². The highest BCUT2D eigenvalue weighted by molar-refractivity contribution is 6.32. The van der Waals surface area contributed by atoms with Gasteiger partial charge in [-0.2, -0.15) is 0 Å². The SMILES string of the molecule is O=C(COc1ccccc1Cl)N1[C@H]2CC[C@@H]1[C@@](CO)(Cc1ccccc1)C2. The fourth-order valence-electron chi connectivity index (χ4n) is 4.86. The Kier molecular flexibility index (Phi) is 5.11. The lowest BCUT2D eigenvalue weighted by atomic mass is 9.70. The van der Waals surface area contributed by atoms with E-state index in [9.17, 15) is 9.90 Å². The molecule has 2 saturated heterocycles. The first kappa shape index (κ1) is 18.3. The molecule has 2 heterocycles. The second kappa shape index (κ2) is 7.53. The summed E-state index contributed by atoms with van der Waals surface area (Å²) in [5.41, 5.74) is 0.948. The summed E-state index contributed by atoms with van der Waals surface area (Å²) in [5.74, 6) is 0.502. The lowest BCUT2D eigenvalue weighted by molar-refractivity contribution is -0.135. The quantitative estimate of drug-likeness (QED) is 0.824. The third-order valence-electron chi connectivity index (χ3n) is 6.04. The number of halogens is 1. The third kappa shape index (κ3) is 3.44. The molecule has 27 heavy (non-hydrogen) atoms. The molecule has 1 amide bonds. The Bertz CT molecular complexity index is 812. The molecular weight excluding hydrogens is 362 g/mol. The van der Waals surface area contributed by atoms with Gasteiger partial charge in [0.15, 0.2) is 6.61 Å². The van der Waals surface area contributed by atoms with Crippen LogP contribution in [-0.2, 0) is 11.2 Å². The highest BCUT2D eigenvalue weighted by Gasteiger charge is 2.56. The highest BCUT2D eigenvalue weighted by atomic mass is 35.5. The first-order chi connectivity index (χ1) is 13.1. The number of fused-ring (bicyclic) bond motifs is 2. The molecule has 4 nitrogen and oxygen atoms in total. The lowest BCUT2D eigenvalue weighted by Crippen LogP contribution is -2.45. The predicted molar refractivity (Wildman–Crippen MR) is 105 cm³/mol. The number of para-hydroxylation sites is 1. The minimum atomic E-state index is -0.260. The van der Waals surface area contributed by atoms with Gasteiger partial charge < -0.3 is 14.7 Å². The number of carbonyl (C=O) groups excluding carboxylic acids is 1. The van der Waals surface area contributed by atoms with Crippen LogP contribution in [0.15, 0.2) is 54.6 Å². The van der Waals surface area contributed by atoms with E-state index in [1.807, 2.05) is 35.2 Å². The molecular formula is C22H24ClNO3. The summed E-state index contributed by atoms with van der Waals surface area (Å²) in [7, 11) is 0. The molecule has 0 unspecified atom stereocenters. The number of carbonyl (C=O) groups is 1. The number of aliphatic hydroxyl groups is 1. The molecule has 2 bridgehead atoms. The first-order valence-corrected chi connectivity index (χ1v) is 9.84. The molecule has 2 aliphatic heterocycles. The van der Waals surface area contributed by atoms with Gasteiger partial charge in [-0.05, 0) is 43.4 Å². The van der Waals surface area contributed by atoms with Crippen LogP contribution in [0.4, 0.5) is 0 Å². The first-order valence-electron chi connectivity index (χ1n) is 9.46. The number of rotatable bonds is 6. The Hall–Kier alpha value is -2.04. The van der Waals surface area contributed by atoms with Gasteiger partial charge in [-0.25, -0.2) is 0 Å². The average Bonchev–Trinajstić information content (AvgIpc) is 3.24. The summed E-state index contributed by atoms with van der Waals surface area (Å²) in [6, 6.07) is 17.7. The molecule has 4 rings (SSSR count). The van der Waals surface area contributed by atoms with Crippen molar-refractivity contribution in [3.8, 4) is 5.75 Å². The van der Waals surface area contributed by atoms with Crippen molar-refractivity contribution in [2.24, 2.45) is 5.41 Å². The zero-order chi connectivity index (χ0) is 18.9. The van der Waals surface area contributed by atoms with Crippen LogP contribution in [0.5, 0.6) is 5.75 Å². The van der Waals surface area contributed by atoms with E-state index in [0.717, 1.165) is 25.7 Å². The van der Waals surface area contributed by atoms with Crippen molar-refractivity contribution in [1.29, 1.82) is 0 Å². The van der Waals surface area contributed by atoms with Gasteiger partial charge in [0.05, 0.1) is 11.6 Å². The molecule has 0 spiro atoms. The van der Waals surface area contributed by atoms with E-state index in [2.05, 4.69) is 12.1 Å². The molecule has 142 valence electrons. The maximum Gasteiger partial charge on any atom is 0.261 e. The van der Waals surface area contributed by atoms with Gasteiger partial charge in [0.1, 0.15) is 5.75 Å². The number of amides is 1. The zero-order valence-electron chi connectivity index (χ0n) is 15.2. The molecule has 0 saturated carbocycles. The van der Waals surface area contributed by atoms with Gasteiger partial charge in [0.25, 0.3) is 5.91 Å². The predicted octanol–water partition coefficient (Wildman–Crippen LogP) is 3.70. The van der Waals surface area contributed by atoms with Crippen LogP contribution in [0, 0.1) is 5.41 Å². The normalized spacial score (nSPS) is 26.4. The standard InChI is InChI=1S/C22H24ClNO3/c23-18-8-4-5-9-19(18)27-14-21(26)24-17-10-11-20(24)22(13-17,15-25)12-16-6-2-1-3-7-16/h1-9,17,20,25H,10-15H2/t17-,20+,22-/m0/s1. The number of benzene rings is 2. The average molecular weight is 386 g/mol. The third-order valence-corrected chi connectivity index (χ3v) is 6.35. The molecule has 2 aromatic rings. The molecule has 1 N–H and O–H groups in total. The summed E-state index contributed by atoms with van der Waals surface area (Å²) in [5, 5.41) is 10.8. The second-order valence-electron chi connectivity index (χ2n) is 7.65. The molecule has 2 aromatic carbocycles. The molecule has 3 atom stereocenters. The fraction of sp³-hybridized carbons (Fsp3) is 0.409. The Morgan fingerprint density at radius 1 is 1.15 bits per heavy atom. The number of nitrogens with zero attached hydrogens (tertiary/aromatic N) is 1. The summed E-state index contributed by atoms with van der Waals surface area (Å²) >= 11 is 6.11. The monoisotopic (exact) mass is 385 g/mol. The van der Waals surface area contributed by atoms with E-state index >= 15 is 0 Å². The van der Waals surface area contributed by atoms with Crippen molar-refractivity contribution in [2.75, 3.05) is 13.2 Å². The Labute approximate surface area is 164 Å². The van der Waals surface area contributed by atoms with Crippen molar-refractivity contribution >= 4 is 17.5 Å². The number of hydrogen-bond donors (Lipinski definition) is 1. The minimum Gasteiger partial charge on any atom is -0.482 e. The van der Waals surface area contributed by atoms with Crippen molar-refractivity contribution < 1.29 is 14.6 Å². The number of aliphatic hydroxyl groups excluding tert-OH is 1. The van der Waals surface area contributed by atoms with E-state index in [1.54, 1.807) is 12.1 Å². The molecule has 0 radical (unpaired) electrons. The highest BCUT2D eigenvalue weighted by Crippen LogP contribution is 2.51. The van der Waals surface area contributed by atoms with Gasteiger partial charge in [-0.15, -0.1) is 0 Å². The Morgan fingerprint density at radius 3 is 2.63 bits per heavy atom. The largest absolute Gasteiger partial charge is 0.482 e. The number of ether oxygens (including phenoxy) is 1. The van der Waals surface area contributed by atoms with Crippen LogP contribution in [0.1, 0.15) is 24.8 Å². The van der Waals surface area contributed by atoms with Gasteiger partial charge in [-0.1, -0.05) is 54.1 Å². The van der Waals surface area contributed by atoms with Crippen LogP contribution in [0.25, 0.3) is 0 Å².